The Kier molecular flexibility index (Phi) is 4.08. The second kappa shape index (κ2) is 5.51. The Labute approximate surface area is 121 Å². The molecule has 0 fully saturated rings. The molecule has 0 aliphatic heterocycles. The average Bonchev–Trinajstić information content (AvgIpc) is 2.36. The Balaban J connectivity index is 2.48. The minimum Gasteiger partial charge on any atom is -0.355 e. The van der Waals surface area contributed by atoms with E-state index in [1.165, 1.54) is 6.33 Å². The first-order valence-electron chi connectivity index (χ1n) is 6.19. The van der Waals surface area contributed by atoms with Crippen LogP contribution < -0.4 is 4.90 Å². The van der Waals surface area contributed by atoms with Crippen molar-refractivity contribution >= 4 is 26.6 Å². The number of rotatable bonds is 4. The molecule has 0 bridgehead atoms. The topological polar surface area (TPSA) is 63.2 Å². The molecule has 1 aromatic carbocycles. The molecule has 21 heavy (non-hydrogen) atoms. The lowest BCUT2D eigenvalue weighted by Gasteiger charge is -2.26. The SMILES string of the molecule is CC(CS(C)(=O)=O)N(C)c1ncnc2cc(F)c(F)cc12. The summed E-state index contributed by atoms with van der Waals surface area (Å²) in [6, 6.07) is 1.64. The van der Waals surface area contributed by atoms with Crippen molar-refractivity contribution in [1.29, 1.82) is 0 Å². The van der Waals surface area contributed by atoms with Crippen LogP contribution in [0.1, 0.15) is 6.92 Å². The van der Waals surface area contributed by atoms with Crippen LogP contribution in [0.4, 0.5) is 14.6 Å². The molecule has 0 N–H and O–H groups in total. The maximum absolute atomic E-state index is 13.4. The van der Waals surface area contributed by atoms with E-state index in [1.54, 1.807) is 18.9 Å². The Morgan fingerprint density at radius 1 is 1.24 bits per heavy atom. The third kappa shape index (κ3) is 3.44. The number of sulfone groups is 1. The van der Waals surface area contributed by atoms with Crippen molar-refractivity contribution in [2.24, 2.45) is 0 Å². The van der Waals surface area contributed by atoms with Crippen molar-refractivity contribution in [3.8, 4) is 0 Å². The van der Waals surface area contributed by atoms with E-state index in [-0.39, 0.29) is 17.3 Å². The molecular formula is C13H15F2N3O2S. The molecule has 1 atom stereocenters. The van der Waals surface area contributed by atoms with E-state index in [1.807, 2.05) is 0 Å². The molecule has 2 rings (SSSR count). The van der Waals surface area contributed by atoms with E-state index in [0.29, 0.717) is 11.2 Å². The summed E-state index contributed by atoms with van der Waals surface area (Å²) in [5.74, 6) is -1.70. The van der Waals surface area contributed by atoms with Crippen LogP contribution in [0.3, 0.4) is 0 Å². The highest BCUT2D eigenvalue weighted by Gasteiger charge is 2.19. The first-order valence-corrected chi connectivity index (χ1v) is 8.25. The van der Waals surface area contributed by atoms with Gasteiger partial charge in [0.15, 0.2) is 11.6 Å². The molecule has 0 amide bonds. The summed E-state index contributed by atoms with van der Waals surface area (Å²) in [6.45, 7) is 1.72. The van der Waals surface area contributed by atoms with Crippen LogP contribution in [0.2, 0.25) is 0 Å². The second-order valence-electron chi connectivity index (χ2n) is 5.03. The highest BCUT2D eigenvalue weighted by atomic mass is 32.2. The van der Waals surface area contributed by atoms with E-state index in [0.717, 1.165) is 18.4 Å². The van der Waals surface area contributed by atoms with Gasteiger partial charge in [-0.1, -0.05) is 0 Å². The fourth-order valence-corrected chi connectivity index (χ4v) is 3.18. The highest BCUT2D eigenvalue weighted by molar-refractivity contribution is 7.90. The predicted octanol–water partition coefficient (Wildman–Crippen LogP) is 1.78. The van der Waals surface area contributed by atoms with Gasteiger partial charge in [-0.25, -0.2) is 27.2 Å². The van der Waals surface area contributed by atoms with Crippen molar-refractivity contribution in [3.63, 3.8) is 0 Å². The number of aromatic nitrogens is 2. The average molecular weight is 315 g/mol. The van der Waals surface area contributed by atoms with Gasteiger partial charge in [0, 0.05) is 30.8 Å². The summed E-state index contributed by atoms with van der Waals surface area (Å²) in [6.07, 6.45) is 2.38. The van der Waals surface area contributed by atoms with E-state index < -0.39 is 21.5 Å². The van der Waals surface area contributed by atoms with Crippen LogP contribution in [-0.4, -0.2) is 43.5 Å². The van der Waals surface area contributed by atoms with E-state index >= 15 is 0 Å². The number of hydrogen-bond acceptors (Lipinski definition) is 5. The zero-order chi connectivity index (χ0) is 15.8. The van der Waals surface area contributed by atoms with Crippen LogP contribution in [-0.2, 0) is 9.84 Å². The van der Waals surface area contributed by atoms with Gasteiger partial charge in [0.25, 0.3) is 0 Å². The van der Waals surface area contributed by atoms with Gasteiger partial charge < -0.3 is 4.90 Å². The molecule has 1 aromatic heterocycles. The highest BCUT2D eigenvalue weighted by Crippen LogP contribution is 2.25. The third-order valence-electron chi connectivity index (χ3n) is 3.20. The van der Waals surface area contributed by atoms with Gasteiger partial charge in [0.2, 0.25) is 0 Å². The maximum Gasteiger partial charge on any atom is 0.161 e. The zero-order valence-corrected chi connectivity index (χ0v) is 12.7. The Morgan fingerprint density at radius 2 is 1.86 bits per heavy atom. The van der Waals surface area contributed by atoms with Crippen LogP contribution in [0, 0.1) is 11.6 Å². The fourth-order valence-electron chi connectivity index (χ4n) is 2.08. The molecule has 0 spiro atoms. The first kappa shape index (κ1) is 15.6. The third-order valence-corrected chi connectivity index (χ3v) is 4.28. The van der Waals surface area contributed by atoms with Gasteiger partial charge in [-0.05, 0) is 13.0 Å². The fraction of sp³-hybridized carbons (Fsp3) is 0.385. The van der Waals surface area contributed by atoms with E-state index in [4.69, 9.17) is 0 Å². The van der Waals surface area contributed by atoms with E-state index in [9.17, 15) is 17.2 Å². The largest absolute Gasteiger partial charge is 0.355 e. The number of hydrogen-bond donors (Lipinski definition) is 0. The molecule has 0 saturated heterocycles. The quantitative estimate of drug-likeness (QED) is 0.860. The molecule has 1 heterocycles. The van der Waals surface area contributed by atoms with Crippen molar-refractivity contribution in [1.82, 2.24) is 9.97 Å². The molecule has 2 aromatic rings. The molecule has 114 valence electrons. The summed E-state index contributed by atoms with van der Waals surface area (Å²) in [5, 5.41) is 0.333. The van der Waals surface area contributed by atoms with Crippen molar-refractivity contribution in [3.05, 3.63) is 30.1 Å². The number of nitrogens with zero attached hydrogens (tertiary/aromatic N) is 3. The number of anilines is 1. The van der Waals surface area contributed by atoms with Crippen LogP contribution >= 0.6 is 0 Å². The molecule has 0 aliphatic carbocycles. The van der Waals surface area contributed by atoms with Gasteiger partial charge >= 0.3 is 0 Å². The van der Waals surface area contributed by atoms with E-state index in [2.05, 4.69) is 9.97 Å². The second-order valence-corrected chi connectivity index (χ2v) is 7.22. The number of benzene rings is 1. The minimum absolute atomic E-state index is 0.0708. The van der Waals surface area contributed by atoms with Crippen LogP contribution in [0.15, 0.2) is 18.5 Å². The van der Waals surface area contributed by atoms with Crippen molar-refractivity contribution in [2.75, 3.05) is 24.0 Å². The summed E-state index contributed by atoms with van der Waals surface area (Å²) >= 11 is 0. The predicted molar refractivity (Wildman–Crippen MR) is 77.0 cm³/mol. The maximum atomic E-state index is 13.4. The minimum atomic E-state index is -3.16. The number of fused-ring (bicyclic) bond motifs is 1. The van der Waals surface area contributed by atoms with Gasteiger partial charge in [-0.2, -0.15) is 0 Å². The van der Waals surface area contributed by atoms with Crippen LogP contribution in [0.5, 0.6) is 0 Å². The standard InChI is InChI=1S/C13H15F2N3O2S/c1-8(6-21(3,19)20)18(2)13-9-4-10(14)11(15)5-12(9)16-7-17-13/h4-5,7-8H,6H2,1-3H3. The van der Waals surface area contributed by atoms with Gasteiger partial charge in [0.05, 0.1) is 11.3 Å². The summed E-state index contributed by atoms with van der Waals surface area (Å²) in [7, 11) is -1.51. The molecule has 0 radical (unpaired) electrons. The lowest BCUT2D eigenvalue weighted by molar-refractivity contribution is 0.510. The Morgan fingerprint density at radius 3 is 2.48 bits per heavy atom. The molecule has 0 aliphatic rings. The summed E-state index contributed by atoms with van der Waals surface area (Å²) in [5.41, 5.74) is 0.261. The van der Waals surface area contributed by atoms with Gasteiger partial charge in [-0.3, -0.25) is 0 Å². The Bertz CT molecular complexity index is 780. The summed E-state index contributed by atoms with van der Waals surface area (Å²) in [4.78, 5) is 9.57. The zero-order valence-electron chi connectivity index (χ0n) is 11.8. The first-order chi connectivity index (χ1) is 9.69. The van der Waals surface area contributed by atoms with Crippen molar-refractivity contribution in [2.45, 2.75) is 13.0 Å². The lowest BCUT2D eigenvalue weighted by atomic mass is 10.2. The molecular weight excluding hydrogens is 300 g/mol. The molecule has 8 heteroatoms. The molecule has 1 unspecified atom stereocenters. The smallest absolute Gasteiger partial charge is 0.161 e. The summed E-state index contributed by atoms with van der Waals surface area (Å²) < 4.78 is 49.4. The van der Waals surface area contributed by atoms with Gasteiger partial charge in [0.1, 0.15) is 22.0 Å². The number of halogens is 2. The molecule has 0 saturated carbocycles. The van der Waals surface area contributed by atoms with Gasteiger partial charge in [-0.15, -0.1) is 0 Å². The normalized spacial score (nSPS) is 13.4. The Hall–Kier alpha value is -1.83. The monoisotopic (exact) mass is 315 g/mol. The molecule has 5 nitrogen and oxygen atoms in total. The van der Waals surface area contributed by atoms with Crippen molar-refractivity contribution < 1.29 is 17.2 Å². The lowest BCUT2D eigenvalue weighted by Crippen LogP contribution is -2.35. The van der Waals surface area contributed by atoms with Crippen LogP contribution in [0.25, 0.3) is 10.9 Å².